The molecule has 6 heteroatoms. The minimum Gasteiger partial charge on any atom is -0.462 e. The van der Waals surface area contributed by atoms with Crippen molar-refractivity contribution in [2.75, 3.05) is 13.2 Å². The highest BCUT2D eigenvalue weighted by Gasteiger charge is 2.19. The second-order valence-corrected chi connectivity index (χ2v) is 18.6. The molecule has 0 aliphatic heterocycles. The molecular weight excluding hydrogens is 829 g/mol. The van der Waals surface area contributed by atoms with Crippen molar-refractivity contribution in [3.05, 3.63) is 85.1 Å². The normalized spacial score (nSPS) is 12.7. The second-order valence-electron chi connectivity index (χ2n) is 18.6. The lowest BCUT2D eigenvalue weighted by atomic mass is 10.1. The lowest BCUT2D eigenvalue weighted by Crippen LogP contribution is -2.30. The SMILES string of the molecule is CC/C=C/C=C/C=C/C=C/CCCCCC(=O)OCC(COC(=O)CCCCCCC/C=C/C=C/CCCCCCCCC)OC(=O)CCCCCCC/C=C/CCCCCCCCCCC. The van der Waals surface area contributed by atoms with Gasteiger partial charge in [-0.1, -0.05) is 241 Å². The van der Waals surface area contributed by atoms with Gasteiger partial charge >= 0.3 is 17.9 Å². The first-order valence-electron chi connectivity index (χ1n) is 28.2. The van der Waals surface area contributed by atoms with Crippen molar-refractivity contribution in [1.29, 1.82) is 0 Å². The largest absolute Gasteiger partial charge is 0.462 e. The molecule has 0 aliphatic rings. The van der Waals surface area contributed by atoms with Gasteiger partial charge in [-0.3, -0.25) is 14.4 Å². The summed E-state index contributed by atoms with van der Waals surface area (Å²) in [7, 11) is 0. The van der Waals surface area contributed by atoms with Crippen LogP contribution in [-0.4, -0.2) is 37.2 Å². The molecule has 0 aromatic heterocycles. The Labute approximate surface area is 414 Å². The van der Waals surface area contributed by atoms with Crippen LogP contribution in [0.4, 0.5) is 0 Å². The molecule has 0 aromatic carbocycles. The van der Waals surface area contributed by atoms with Crippen molar-refractivity contribution < 1.29 is 28.6 Å². The van der Waals surface area contributed by atoms with Crippen LogP contribution in [-0.2, 0) is 28.6 Å². The van der Waals surface area contributed by atoms with E-state index in [1.165, 1.54) is 122 Å². The standard InChI is InChI=1S/C61H104O6/c1-4-7-10-13-16-19-22-25-27-29-31-33-36-39-42-45-48-51-54-60(63)66-57-58(56-65-59(62)53-50-47-44-41-38-35-24-21-18-15-12-9-6-3)67-61(64)55-52-49-46-43-40-37-34-32-30-28-26-23-20-17-14-11-8-5-2/h9,12,15,18,21,24,27,29,31-35,38,58H,4-8,10-11,13-14,16-17,19-20,22-23,25-26,28,30,36-37,39-57H2,1-3H3/b12-9+,18-15+,24-21+,29-27+,33-31+,34-32+,38-35+. The molecule has 0 fully saturated rings. The predicted octanol–water partition coefficient (Wildman–Crippen LogP) is 18.8. The molecule has 0 saturated carbocycles. The highest BCUT2D eigenvalue weighted by Crippen LogP contribution is 2.14. The summed E-state index contributed by atoms with van der Waals surface area (Å²) in [5, 5.41) is 0. The van der Waals surface area contributed by atoms with Gasteiger partial charge in [0, 0.05) is 19.3 Å². The van der Waals surface area contributed by atoms with Crippen LogP contribution in [0.5, 0.6) is 0 Å². The number of hydrogen-bond donors (Lipinski definition) is 0. The Morgan fingerprint density at radius 1 is 0.313 bits per heavy atom. The first kappa shape index (κ1) is 63.6. The summed E-state index contributed by atoms with van der Waals surface area (Å²) in [4.78, 5) is 38.1. The van der Waals surface area contributed by atoms with E-state index in [9.17, 15) is 14.4 Å². The smallest absolute Gasteiger partial charge is 0.306 e. The Balaban J connectivity index is 4.45. The third-order valence-corrected chi connectivity index (χ3v) is 12.0. The lowest BCUT2D eigenvalue weighted by Gasteiger charge is -2.18. The van der Waals surface area contributed by atoms with Crippen LogP contribution in [0.3, 0.4) is 0 Å². The molecule has 0 aliphatic carbocycles. The molecular formula is C61H104O6. The number of rotatable bonds is 50. The molecule has 0 aromatic rings. The molecule has 1 unspecified atom stereocenters. The maximum atomic E-state index is 12.8. The molecule has 0 heterocycles. The summed E-state index contributed by atoms with van der Waals surface area (Å²) in [6, 6.07) is 0. The summed E-state index contributed by atoms with van der Waals surface area (Å²) >= 11 is 0. The zero-order valence-corrected chi connectivity index (χ0v) is 43.9. The summed E-state index contributed by atoms with van der Waals surface area (Å²) in [5.74, 6) is -0.959. The predicted molar refractivity (Wildman–Crippen MR) is 288 cm³/mol. The minimum atomic E-state index is -0.804. The Morgan fingerprint density at radius 3 is 0.985 bits per heavy atom. The van der Waals surface area contributed by atoms with E-state index in [4.69, 9.17) is 14.2 Å². The summed E-state index contributed by atoms with van der Waals surface area (Å²) < 4.78 is 16.8. The fraction of sp³-hybridized carbons (Fsp3) is 0.721. The minimum absolute atomic E-state index is 0.101. The summed E-state index contributed by atoms with van der Waals surface area (Å²) in [6.45, 7) is 6.45. The number of unbranched alkanes of at least 4 members (excludes halogenated alkanes) is 29. The quantitative estimate of drug-likeness (QED) is 0.0199. The fourth-order valence-corrected chi connectivity index (χ4v) is 7.73. The molecule has 0 spiro atoms. The molecule has 0 radical (unpaired) electrons. The van der Waals surface area contributed by atoms with Gasteiger partial charge in [-0.05, 0) is 89.9 Å². The molecule has 67 heavy (non-hydrogen) atoms. The van der Waals surface area contributed by atoms with Crippen molar-refractivity contribution in [2.24, 2.45) is 0 Å². The van der Waals surface area contributed by atoms with E-state index in [-0.39, 0.29) is 31.1 Å². The molecule has 384 valence electrons. The van der Waals surface area contributed by atoms with Gasteiger partial charge in [0.1, 0.15) is 13.2 Å². The first-order chi connectivity index (χ1) is 33.0. The first-order valence-corrected chi connectivity index (χ1v) is 28.2. The second kappa shape index (κ2) is 55.2. The van der Waals surface area contributed by atoms with Gasteiger partial charge in [-0.25, -0.2) is 0 Å². The monoisotopic (exact) mass is 933 g/mol. The number of carbonyl (C=O) groups is 3. The summed E-state index contributed by atoms with van der Waals surface area (Å²) in [6.07, 6.45) is 71.5. The summed E-state index contributed by atoms with van der Waals surface area (Å²) in [5.41, 5.74) is 0. The van der Waals surface area contributed by atoms with Gasteiger partial charge < -0.3 is 14.2 Å². The number of ether oxygens (including phenoxy) is 3. The van der Waals surface area contributed by atoms with Crippen molar-refractivity contribution in [3.63, 3.8) is 0 Å². The highest BCUT2D eigenvalue weighted by molar-refractivity contribution is 5.71. The van der Waals surface area contributed by atoms with E-state index in [1.807, 2.05) is 36.5 Å². The zero-order chi connectivity index (χ0) is 48.6. The molecule has 0 N–H and O–H groups in total. The van der Waals surface area contributed by atoms with Crippen molar-refractivity contribution >= 4 is 17.9 Å². The third kappa shape index (κ3) is 53.4. The van der Waals surface area contributed by atoms with Crippen molar-refractivity contribution in [3.8, 4) is 0 Å². The molecule has 0 rings (SSSR count). The molecule has 6 nitrogen and oxygen atoms in total. The van der Waals surface area contributed by atoms with Crippen molar-refractivity contribution in [1.82, 2.24) is 0 Å². The van der Waals surface area contributed by atoms with Crippen molar-refractivity contribution in [2.45, 2.75) is 271 Å². The Morgan fingerprint density at radius 2 is 0.597 bits per heavy atom. The van der Waals surface area contributed by atoms with Gasteiger partial charge in [0.05, 0.1) is 0 Å². The van der Waals surface area contributed by atoms with E-state index < -0.39 is 6.10 Å². The van der Waals surface area contributed by atoms with Crippen LogP contribution in [0, 0.1) is 0 Å². The highest BCUT2D eigenvalue weighted by atomic mass is 16.6. The number of hydrogen-bond acceptors (Lipinski definition) is 6. The van der Waals surface area contributed by atoms with Gasteiger partial charge in [0.15, 0.2) is 6.10 Å². The molecule has 0 amide bonds. The molecule has 0 saturated heterocycles. The van der Waals surface area contributed by atoms with Gasteiger partial charge in [-0.15, -0.1) is 0 Å². The average Bonchev–Trinajstić information content (AvgIpc) is 3.33. The van der Waals surface area contributed by atoms with Gasteiger partial charge in [-0.2, -0.15) is 0 Å². The van der Waals surface area contributed by atoms with Gasteiger partial charge in [0.2, 0.25) is 0 Å². The Hall–Kier alpha value is -3.41. The maximum absolute atomic E-state index is 12.8. The molecule has 1 atom stereocenters. The number of esters is 3. The average molecular weight is 933 g/mol. The lowest BCUT2D eigenvalue weighted by molar-refractivity contribution is -0.167. The zero-order valence-electron chi connectivity index (χ0n) is 43.9. The van der Waals surface area contributed by atoms with Crippen LogP contribution in [0.25, 0.3) is 0 Å². The topological polar surface area (TPSA) is 78.9 Å². The number of allylic oxidation sites excluding steroid dienone is 14. The van der Waals surface area contributed by atoms with Crippen LogP contribution >= 0.6 is 0 Å². The van der Waals surface area contributed by atoms with Crippen LogP contribution in [0.2, 0.25) is 0 Å². The van der Waals surface area contributed by atoms with E-state index >= 15 is 0 Å². The molecule has 0 bridgehead atoms. The van der Waals surface area contributed by atoms with E-state index in [0.29, 0.717) is 19.3 Å². The van der Waals surface area contributed by atoms with Crippen LogP contribution in [0.1, 0.15) is 265 Å². The van der Waals surface area contributed by atoms with E-state index in [2.05, 4.69) is 69.4 Å². The Kier molecular flexibility index (Phi) is 52.4. The Bertz CT molecular complexity index is 1300. The van der Waals surface area contributed by atoms with Crippen LogP contribution < -0.4 is 0 Å². The van der Waals surface area contributed by atoms with E-state index in [0.717, 1.165) is 103 Å². The third-order valence-electron chi connectivity index (χ3n) is 12.0. The fourth-order valence-electron chi connectivity index (χ4n) is 7.73. The van der Waals surface area contributed by atoms with Crippen LogP contribution in [0.15, 0.2) is 85.1 Å². The number of carbonyl (C=O) groups excluding carboxylic acids is 3. The van der Waals surface area contributed by atoms with Gasteiger partial charge in [0.25, 0.3) is 0 Å². The maximum Gasteiger partial charge on any atom is 0.306 e. The van der Waals surface area contributed by atoms with E-state index in [1.54, 1.807) is 0 Å².